The number of aromatic nitrogens is 2. The van der Waals surface area contributed by atoms with Gasteiger partial charge in [-0.3, -0.25) is 4.79 Å². The van der Waals surface area contributed by atoms with Gasteiger partial charge in [0.1, 0.15) is 12.1 Å². The van der Waals surface area contributed by atoms with E-state index >= 15 is 0 Å². The summed E-state index contributed by atoms with van der Waals surface area (Å²) in [6, 6.07) is 2.02. The minimum absolute atomic E-state index is 0.0274. The summed E-state index contributed by atoms with van der Waals surface area (Å²) < 4.78 is 1.13. The molecule has 0 spiro atoms. The minimum atomic E-state index is 0.0274. The molecule has 1 saturated heterocycles. The summed E-state index contributed by atoms with van der Waals surface area (Å²) in [7, 11) is 1.88. The van der Waals surface area contributed by atoms with E-state index in [0.29, 0.717) is 0 Å². The van der Waals surface area contributed by atoms with Crippen LogP contribution in [-0.2, 0) is 4.79 Å². The average molecular weight is 319 g/mol. The third-order valence-corrected chi connectivity index (χ3v) is 4.95. The Morgan fingerprint density at radius 3 is 2.86 bits per heavy atom. The van der Waals surface area contributed by atoms with Crippen LogP contribution in [0.5, 0.6) is 0 Å². The summed E-state index contributed by atoms with van der Waals surface area (Å²) in [4.78, 5) is 25.3. The number of hydrogen-bond donors (Lipinski definition) is 1. The molecular weight excluding hydrogens is 298 g/mol. The van der Waals surface area contributed by atoms with E-state index in [1.807, 2.05) is 30.3 Å². The third kappa shape index (κ3) is 2.91. The minimum Gasteiger partial charge on any atom is -0.352 e. The molecule has 0 aromatic carbocycles. The molecule has 6 nitrogen and oxygen atoms in total. The number of amides is 1. The maximum absolute atomic E-state index is 12.3. The van der Waals surface area contributed by atoms with Crippen LogP contribution in [0.4, 0.5) is 5.82 Å². The lowest BCUT2D eigenvalue weighted by molar-refractivity contribution is -0.135. The lowest BCUT2D eigenvalue weighted by Gasteiger charge is -2.36. The Kier molecular flexibility index (Phi) is 4.54. The fourth-order valence-corrected chi connectivity index (χ4v) is 3.71. The topological polar surface area (TPSA) is 61.4 Å². The maximum Gasteiger partial charge on any atom is 0.226 e. The highest BCUT2D eigenvalue weighted by Gasteiger charge is 2.25. The molecule has 1 N–H and O–H groups in total. The van der Waals surface area contributed by atoms with Gasteiger partial charge in [-0.15, -0.1) is 11.3 Å². The number of rotatable bonds is 4. The van der Waals surface area contributed by atoms with Crippen LogP contribution >= 0.6 is 11.3 Å². The number of fused-ring (bicyclic) bond motifs is 1. The first-order valence-corrected chi connectivity index (χ1v) is 8.45. The van der Waals surface area contributed by atoms with Gasteiger partial charge in [-0.25, -0.2) is 9.97 Å². The van der Waals surface area contributed by atoms with Gasteiger partial charge in [-0.05, 0) is 18.5 Å². The molecule has 0 bridgehead atoms. The van der Waals surface area contributed by atoms with Crippen LogP contribution in [0.1, 0.15) is 6.92 Å². The molecule has 1 aliphatic heterocycles. The molecule has 118 valence electrons. The molecule has 1 atom stereocenters. The van der Waals surface area contributed by atoms with Crippen LogP contribution in [0.25, 0.3) is 10.2 Å². The highest BCUT2D eigenvalue weighted by molar-refractivity contribution is 7.17. The van der Waals surface area contributed by atoms with Crippen molar-refractivity contribution in [2.24, 2.45) is 5.92 Å². The van der Waals surface area contributed by atoms with Crippen LogP contribution in [0.15, 0.2) is 17.8 Å². The zero-order valence-electron chi connectivity index (χ0n) is 13.0. The van der Waals surface area contributed by atoms with Crippen molar-refractivity contribution >= 4 is 33.3 Å². The van der Waals surface area contributed by atoms with E-state index in [4.69, 9.17) is 0 Å². The van der Waals surface area contributed by atoms with Gasteiger partial charge in [0.2, 0.25) is 5.91 Å². The molecule has 1 fully saturated rings. The van der Waals surface area contributed by atoms with Crippen LogP contribution in [-0.4, -0.2) is 60.5 Å². The van der Waals surface area contributed by atoms with Crippen LogP contribution < -0.4 is 10.2 Å². The lowest BCUT2D eigenvalue weighted by Crippen LogP contribution is -2.51. The van der Waals surface area contributed by atoms with Crippen molar-refractivity contribution in [3.8, 4) is 0 Å². The van der Waals surface area contributed by atoms with Crippen LogP contribution in [0.2, 0.25) is 0 Å². The van der Waals surface area contributed by atoms with Gasteiger partial charge in [-0.2, -0.15) is 0 Å². The molecule has 0 radical (unpaired) electrons. The van der Waals surface area contributed by atoms with Crippen molar-refractivity contribution in [1.82, 2.24) is 20.2 Å². The van der Waals surface area contributed by atoms with Gasteiger partial charge in [-0.1, -0.05) is 6.92 Å². The van der Waals surface area contributed by atoms with Crippen LogP contribution in [0.3, 0.4) is 0 Å². The second-order valence-electron chi connectivity index (χ2n) is 5.60. The highest BCUT2D eigenvalue weighted by atomic mass is 32.1. The van der Waals surface area contributed by atoms with Crippen LogP contribution in [0, 0.1) is 5.92 Å². The van der Waals surface area contributed by atoms with Gasteiger partial charge < -0.3 is 15.1 Å². The molecule has 0 saturated carbocycles. The molecule has 1 amide bonds. The number of thiophene rings is 1. The van der Waals surface area contributed by atoms with Gasteiger partial charge in [0.15, 0.2) is 0 Å². The number of carbonyl (C=O) groups is 1. The molecule has 3 heterocycles. The number of carbonyl (C=O) groups excluding carboxylic acids is 1. The second kappa shape index (κ2) is 6.58. The van der Waals surface area contributed by atoms with E-state index in [1.165, 1.54) is 0 Å². The Bertz CT molecular complexity index is 650. The van der Waals surface area contributed by atoms with Gasteiger partial charge in [0.05, 0.1) is 10.2 Å². The molecule has 0 aliphatic carbocycles. The Labute approximate surface area is 134 Å². The van der Waals surface area contributed by atoms with E-state index in [0.717, 1.165) is 48.8 Å². The molecule has 22 heavy (non-hydrogen) atoms. The largest absolute Gasteiger partial charge is 0.352 e. The van der Waals surface area contributed by atoms with E-state index in [2.05, 4.69) is 20.2 Å². The average Bonchev–Trinajstić information content (AvgIpc) is 3.03. The van der Waals surface area contributed by atoms with Gasteiger partial charge in [0.25, 0.3) is 0 Å². The number of nitrogens with one attached hydrogen (secondary N) is 1. The number of anilines is 1. The standard InChI is InChI=1S/C15H21N5OS/c1-11(9-16-2)15(21)20-6-4-19(5-7-20)14-13-12(3-8-22-13)17-10-18-14/h3,8,10-11,16H,4-7,9H2,1-2H3. The third-order valence-electron chi connectivity index (χ3n) is 4.05. The van der Waals surface area contributed by atoms with E-state index < -0.39 is 0 Å². The molecule has 3 rings (SSSR count). The summed E-state index contributed by atoms with van der Waals surface area (Å²) in [6.07, 6.45) is 1.62. The maximum atomic E-state index is 12.3. The molecule has 2 aromatic heterocycles. The van der Waals surface area contributed by atoms with Crippen molar-refractivity contribution in [2.45, 2.75) is 6.92 Å². The smallest absolute Gasteiger partial charge is 0.226 e. The van der Waals surface area contributed by atoms with Crippen molar-refractivity contribution < 1.29 is 4.79 Å². The summed E-state index contributed by atoms with van der Waals surface area (Å²) in [5, 5.41) is 5.11. The SMILES string of the molecule is CNCC(C)C(=O)N1CCN(c2ncnc3ccsc23)CC1. The molecular formula is C15H21N5OS. The fourth-order valence-electron chi connectivity index (χ4n) is 2.84. The number of nitrogens with zero attached hydrogens (tertiary/aromatic N) is 4. The van der Waals surface area contributed by atoms with Gasteiger partial charge >= 0.3 is 0 Å². The monoisotopic (exact) mass is 319 g/mol. The first kappa shape index (κ1) is 15.2. The lowest BCUT2D eigenvalue weighted by atomic mass is 10.1. The number of piperazine rings is 1. The van der Waals surface area contributed by atoms with E-state index in [-0.39, 0.29) is 11.8 Å². The normalized spacial score (nSPS) is 17.0. The highest BCUT2D eigenvalue weighted by Crippen LogP contribution is 2.28. The second-order valence-corrected chi connectivity index (χ2v) is 6.52. The Hall–Kier alpha value is -1.73. The predicted molar refractivity (Wildman–Crippen MR) is 89.3 cm³/mol. The summed E-state index contributed by atoms with van der Waals surface area (Å²) in [5.41, 5.74) is 0.996. The van der Waals surface area contributed by atoms with Gasteiger partial charge in [0, 0.05) is 38.6 Å². The zero-order chi connectivity index (χ0) is 15.5. The fraction of sp³-hybridized carbons (Fsp3) is 0.533. The molecule has 1 unspecified atom stereocenters. The number of hydrogen-bond acceptors (Lipinski definition) is 6. The van der Waals surface area contributed by atoms with Crippen molar-refractivity contribution in [3.63, 3.8) is 0 Å². The van der Waals surface area contributed by atoms with Crippen molar-refractivity contribution in [3.05, 3.63) is 17.8 Å². The Morgan fingerprint density at radius 1 is 1.36 bits per heavy atom. The summed E-state index contributed by atoms with van der Waals surface area (Å²) in [6.45, 7) is 5.85. The zero-order valence-corrected chi connectivity index (χ0v) is 13.8. The predicted octanol–water partition coefficient (Wildman–Crippen LogP) is 1.20. The first-order chi connectivity index (χ1) is 10.7. The van der Waals surface area contributed by atoms with Crippen molar-refractivity contribution in [1.29, 1.82) is 0 Å². The Morgan fingerprint density at radius 2 is 2.14 bits per heavy atom. The summed E-state index contributed by atoms with van der Waals surface area (Å²) >= 11 is 1.67. The quantitative estimate of drug-likeness (QED) is 0.917. The van der Waals surface area contributed by atoms with E-state index in [1.54, 1.807) is 17.7 Å². The van der Waals surface area contributed by atoms with Crippen molar-refractivity contribution in [2.75, 3.05) is 44.7 Å². The molecule has 1 aliphatic rings. The van der Waals surface area contributed by atoms with E-state index in [9.17, 15) is 4.79 Å². The Balaban J connectivity index is 1.67. The molecule has 2 aromatic rings. The summed E-state index contributed by atoms with van der Waals surface area (Å²) in [5.74, 6) is 1.26. The molecule has 7 heteroatoms. The first-order valence-electron chi connectivity index (χ1n) is 7.57.